The van der Waals surface area contributed by atoms with E-state index in [0.717, 1.165) is 11.1 Å². The first-order valence-electron chi connectivity index (χ1n) is 6.77. The molecule has 0 spiro atoms. The largest absolute Gasteiger partial charge is 0.395 e. The number of halogens is 2. The van der Waals surface area contributed by atoms with Crippen LogP contribution in [-0.2, 0) is 0 Å². The van der Waals surface area contributed by atoms with Crippen LogP contribution < -0.4 is 10.6 Å². The van der Waals surface area contributed by atoms with Gasteiger partial charge in [-0.2, -0.15) is 0 Å². The third kappa shape index (κ3) is 4.37. The lowest BCUT2D eigenvalue weighted by Gasteiger charge is -2.20. The van der Waals surface area contributed by atoms with Crippen molar-refractivity contribution in [3.63, 3.8) is 0 Å². The Morgan fingerprint density at radius 1 is 1.05 bits per heavy atom. The first kappa shape index (κ1) is 16.6. The molecule has 0 heterocycles. The minimum atomic E-state index is -0.367. The second-order valence-electron chi connectivity index (χ2n) is 4.64. The molecule has 6 heteroatoms. The highest BCUT2D eigenvalue weighted by atomic mass is 35.5. The summed E-state index contributed by atoms with van der Waals surface area (Å²) in [5.41, 5.74) is 1.74. The van der Waals surface area contributed by atoms with Crippen LogP contribution in [0.2, 0.25) is 10.0 Å². The van der Waals surface area contributed by atoms with Crippen LogP contribution >= 0.6 is 23.2 Å². The number of carbonyl (C=O) groups is 1. The summed E-state index contributed by atoms with van der Waals surface area (Å²) in [4.78, 5) is 11.9. The molecule has 0 aliphatic rings. The van der Waals surface area contributed by atoms with Crippen molar-refractivity contribution in [2.24, 2.45) is 0 Å². The van der Waals surface area contributed by atoms with E-state index < -0.39 is 0 Å². The standard InChI is InChI=1S/C16H16Cl2N2O2/c17-13-7-6-12(10-14(13)18)15(11-4-2-1-3-5-11)20-16(22)19-8-9-21/h1-7,10,15,21H,8-9H2,(H2,19,20,22). The topological polar surface area (TPSA) is 61.4 Å². The zero-order valence-electron chi connectivity index (χ0n) is 11.7. The summed E-state index contributed by atoms with van der Waals surface area (Å²) in [6.07, 6.45) is 0. The Morgan fingerprint density at radius 3 is 2.41 bits per heavy atom. The van der Waals surface area contributed by atoms with Crippen molar-refractivity contribution in [1.82, 2.24) is 10.6 Å². The maximum Gasteiger partial charge on any atom is 0.315 e. The molecule has 3 N–H and O–H groups in total. The number of rotatable bonds is 5. The van der Waals surface area contributed by atoms with E-state index in [1.165, 1.54) is 0 Å². The van der Waals surface area contributed by atoms with Gasteiger partial charge in [-0.3, -0.25) is 0 Å². The second-order valence-corrected chi connectivity index (χ2v) is 5.46. The van der Waals surface area contributed by atoms with Gasteiger partial charge in [0.2, 0.25) is 0 Å². The Balaban J connectivity index is 2.29. The van der Waals surface area contributed by atoms with Crippen LogP contribution in [-0.4, -0.2) is 24.3 Å². The van der Waals surface area contributed by atoms with Gasteiger partial charge < -0.3 is 15.7 Å². The Bertz CT molecular complexity index is 635. The van der Waals surface area contributed by atoms with Crippen molar-refractivity contribution < 1.29 is 9.90 Å². The number of nitrogens with one attached hydrogen (secondary N) is 2. The van der Waals surface area contributed by atoms with Crippen molar-refractivity contribution >= 4 is 29.2 Å². The Kier molecular flexibility index (Phi) is 6.07. The summed E-state index contributed by atoms with van der Waals surface area (Å²) in [7, 11) is 0. The summed E-state index contributed by atoms with van der Waals surface area (Å²) < 4.78 is 0. The third-order valence-electron chi connectivity index (χ3n) is 3.08. The molecule has 0 fully saturated rings. The lowest BCUT2D eigenvalue weighted by molar-refractivity contribution is 0.232. The molecule has 22 heavy (non-hydrogen) atoms. The number of aliphatic hydroxyl groups is 1. The van der Waals surface area contributed by atoms with E-state index in [2.05, 4.69) is 10.6 Å². The van der Waals surface area contributed by atoms with Crippen LogP contribution in [0.15, 0.2) is 48.5 Å². The number of urea groups is 1. The van der Waals surface area contributed by atoms with Gasteiger partial charge in [0.1, 0.15) is 0 Å². The fourth-order valence-corrected chi connectivity index (χ4v) is 2.35. The predicted octanol–water partition coefficient (Wildman–Crippen LogP) is 3.37. The summed E-state index contributed by atoms with van der Waals surface area (Å²) in [6.45, 7) is 0.0743. The highest BCUT2D eigenvalue weighted by Crippen LogP contribution is 2.28. The van der Waals surface area contributed by atoms with Gasteiger partial charge in [0.25, 0.3) is 0 Å². The van der Waals surface area contributed by atoms with E-state index in [1.54, 1.807) is 12.1 Å². The van der Waals surface area contributed by atoms with Crippen LogP contribution in [0.4, 0.5) is 4.79 Å². The number of amides is 2. The van der Waals surface area contributed by atoms with Crippen molar-refractivity contribution in [3.8, 4) is 0 Å². The SMILES string of the molecule is O=C(NCCO)NC(c1ccccc1)c1ccc(Cl)c(Cl)c1. The minimum absolute atomic E-state index is 0.115. The summed E-state index contributed by atoms with van der Waals surface area (Å²) in [6, 6.07) is 14.0. The average Bonchev–Trinajstić information content (AvgIpc) is 2.54. The lowest BCUT2D eigenvalue weighted by Crippen LogP contribution is -2.39. The molecule has 1 atom stereocenters. The molecule has 0 saturated carbocycles. The number of hydrogen-bond donors (Lipinski definition) is 3. The number of hydrogen-bond acceptors (Lipinski definition) is 2. The Labute approximate surface area is 139 Å². The maximum atomic E-state index is 11.9. The van der Waals surface area contributed by atoms with E-state index in [4.69, 9.17) is 28.3 Å². The van der Waals surface area contributed by atoms with Gasteiger partial charge >= 0.3 is 6.03 Å². The van der Waals surface area contributed by atoms with Crippen LogP contribution in [0, 0.1) is 0 Å². The quantitative estimate of drug-likeness (QED) is 0.782. The molecule has 0 saturated heterocycles. The molecule has 2 aromatic carbocycles. The minimum Gasteiger partial charge on any atom is -0.395 e. The fraction of sp³-hybridized carbons (Fsp3) is 0.188. The molecule has 0 aromatic heterocycles. The van der Waals surface area contributed by atoms with Crippen LogP contribution in [0.25, 0.3) is 0 Å². The van der Waals surface area contributed by atoms with Gasteiger partial charge in [-0.15, -0.1) is 0 Å². The molecule has 0 bridgehead atoms. The number of benzene rings is 2. The molecule has 116 valence electrons. The molecule has 2 amide bonds. The Hall–Kier alpha value is -1.75. The van der Waals surface area contributed by atoms with Crippen molar-refractivity contribution in [2.75, 3.05) is 13.2 Å². The Morgan fingerprint density at radius 2 is 1.77 bits per heavy atom. The zero-order valence-corrected chi connectivity index (χ0v) is 13.2. The first-order chi connectivity index (χ1) is 10.6. The number of carbonyl (C=O) groups excluding carboxylic acids is 1. The molecule has 4 nitrogen and oxygen atoms in total. The van der Waals surface area contributed by atoms with Crippen molar-refractivity contribution in [1.29, 1.82) is 0 Å². The predicted molar refractivity (Wildman–Crippen MR) is 88.4 cm³/mol. The normalized spacial score (nSPS) is 11.8. The second kappa shape index (κ2) is 8.03. The number of aliphatic hydroxyl groups excluding tert-OH is 1. The first-order valence-corrected chi connectivity index (χ1v) is 7.52. The summed E-state index contributed by atoms with van der Waals surface area (Å²) >= 11 is 12.0. The molecule has 2 rings (SSSR count). The molecular formula is C16H16Cl2N2O2. The summed E-state index contributed by atoms with van der Waals surface area (Å²) in [5, 5.41) is 15.1. The zero-order chi connectivity index (χ0) is 15.9. The van der Waals surface area contributed by atoms with Gasteiger partial charge in [-0.25, -0.2) is 4.79 Å². The average molecular weight is 339 g/mol. The molecule has 0 radical (unpaired) electrons. The third-order valence-corrected chi connectivity index (χ3v) is 3.82. The molecule has 0 aliphatic carbocycles. The van der Waals surface area contributed by atoms with Gasteiger partial charge in [0.05, 0.1) is 22.7 Å². The summed E-state index contributed by atoms with van der Waals surface area (Å²) in [5.74, 6) is 0. The maximum absolute atomic E-state index is 11.9. The van der Waals surface area contributed by atoms with E-state index in [0.29, 0.717) is 10.0 Å². The van der Waals surface area contributed by atoms with Gasteiger partial charge in [-0.05, 0) is 23.3 Å². The van der Waals surface area contributed by atoms with Crippen molar-refractivity contribution in [2.45, 2.75) is 6.04 Å². The van der Waals surface area contributed by atoms with E-state index in [1.807, 2.05) is 36.4 Å². The monoisotopic (exact) mass is 338 g/mol. The fourth-order valence-electron chi connectivity index (χ4n) is 2.05. The highest BCUT2D eigenvalue weighted by molar-refractivity contribution is 6.42. The van der Waals surface area contributed by atoms with Gasteiger partial charge in [-0.1, -0.05) is 59.6 Å². The van der Waals surface area contributed by atoms with E-state index in [9.17, 15) is 4.79 Å². The molecule has 1 unspecified atom stereocenters. The van der Waals surface area contributed by atoms with E-state index >= 15 is 0 Å². The van der Waals surface area contributed by atoms with Gasteiger partial charge in [0.15, 0.2) is 0 Å². The van der Waals surface area contributed by atoms with Crippen LogP contribution in [0.1, 0.15) is 17.2 Å². The van der Waals surface area contributed by atoms with Crippen LogP contribution in [0.3, 0.4) is 0 Å². The molecule has 0 aliphatic heterocycles. The van der Waals surface area contributed by atoms with E-state index in [-0.39, 0.29) is 25.2 Å². The highest BCUT2D eigenvalue weighted by Gasteiger charge is 2.17. The molecular weight excluding hydrogens is 323 g/mol. The van der Waals surface area contributed by atoms with Gasteiger partial charge in [0, 0.05) is 6.54 Å². The smallest absolute Gasteiger partial charge is 0.315 e. The van der Waals surface area contributed by atoms with Crippen molar-refractivity contribution in [3.05, 3.63) is 69.7 Å². The van der Waals surface area contributed by atoms with Crippen LogP contribution in [0.5, 0.6) is 0 Å². The molecule has 2 aromatic rings. The lowest BCUT2D eigenvalue weighted by atomic mass is 9.99.